The first-order valence-corrected chi connectivity index (χ1v) is 8.31. The Morgan fingerprint density at radius 2 is 2.00 bits per heavy atom. The number of carboxylic acids is 1. The van der Waals surface area contributed by atoms with E-state index in [4.69, 9.17) is 9.84 Å². The van der Waals surface area contributed by atoms with E-state index in [-0.39, 0.29) is 25.0 Å². The molecule has 4 atom stereocenters. The van der Waals surface area contributed by atoms with Crippen LogP contribution in [0.25, 0.3) is 0 Å². The molecule has 2 aliphatic carbocycles. The molecule has 3 rings (SSSR count). The van der Waals surface area contributed by atoms with E-state index >= 15 is 0 Å². The van der Waals surface area contributed by atoms with Crippen LogP contribution in [0, 0.1) is 17.8 Å². The Labute approximate surface area is 136 Å². The van der Waals surface area contributed by atoms with E-state index in [2.05, 4.69) is 5.32 Å². The molecule has 2 N–H and O–H groups in total. The maximum Gasteiger partial charge on any atom is 0.407 e. The zero-order valence-corrected chi connectivity index (χ0v) is 13.1. The molecule has 2 fully saturated rings. The van der Waals surface area contributed by atoms with Gasteiger partial charge < -0.3 is 15.2 Å². The molecule has 0 radical (unpaired) electrons. The lowest BCUT2D eigenvalue weighted by atomic mass is 9.82. The number of nitrogens with one attached hydrogen (secondary N) is 1. The van der Waals surface area contributed by atoms with Crippen molar-refractivity contribution < 1.29 is 19.4 Å². The van der Waals surface area contributed by atoms with Gasteiger partial charge in [0.2, 0.25) is 0 Å². The number of hydrogen-bond acceptors (Lipinski definition) is 3. The molecule has 0 aliphatic heterocycles. The fraction of sp³-hybridized carbons (Fsp3) is 0.556. The van der Waals surface area contributed by atoms with Crippen molar-refractivity contribution in [3.05, 3.63) is 35.9 Å². The van der Waals surface area contributed by atoms with Crippen LogP contribution in [0.5, 0.6) is 0 Å². The fourth-order valence-electron chi connectivity index (χ4n) is 4.20. The molecule has 1 amide bonds. The molecule has 0 spiro atoms. The van der Waals surface area contributed by atoms with Crippen molar-refractivity contribution in [2.45, 2.75) is 44.8 Å². The van der Waals surface area contributed by atoms with Crippen LogP contribution < -0.4 is 5.32 Å². The standard InChI is InChI=1S/C18H23NO4/c20-17(21)10-16(15-9-13-6-7-14(15)8-13)19-18(22)23-11-12-4-2-1-3-5-12/h1-5,13-16H,6-11H2,(H,19,22)(H,20,21)/t13?,14?,15?,16-/m1/s1. The highest BCUT2D eigenvalue weighted by Gasteiger charge is 2.44. The van der Waals surface area contributed by atoms with Crippen molar-refractivity contribution in [3.63, 3.8) is 0 Å². The average Bonchev–Trinajstić information content (AvgIpc) is 3.16. The zero-order valence-electron chi connectivity index (χ0n) is 13.1. The molecule has 5 heteroatoms. The SMILES string of the molecule is O=C(O)C[C@@H](NC(=O)OCc1ccccc1)C1CC2CCC1C2. The van der Waals surface area contributed by atoms with Gasteiger partial charge in [-0.25, -0.2) is 4.79 Å². The van der Waals surface area contributed by atoms with E-state index in [1.165, 1.54) is 12.8 Å². The second-order valence-electron chi connectivity index (χ2n) is 6.75. The summed E-state index contributed by atoms with van der Waals surface area (Å²) in [6, 6.07) is 9.13. The number of alkyl carbamates (subject to hydrolysis) is 1. The van der Waals surface area contributed by atoms with E-state index < -0.39 is 12.1 Å². The van der Waals surface area contributed by atoms with E-state index in [1.54, 1.807) is 0 Å². The van der Waals surface area contributed by atoms with Gasteiger partial charge in [-0.2, -0.15) is 0 Å². The Kier molecular flexibility index (Phi) is 4.84. The van der Waals surface area contributed by atoms with Crippen molar-refractivity contribution in [2.24, 2.45) is 17.8 Å². The van der Waals surface area contributed by atoms with Crippen LogP contribution in [-0.4, -0.2) is 23.2 Å². The number of aliphatic carboxylic acids is 1. The minimum atomic E-state index is -0.874. The lowest BCUT2D eigenvalue weighted by Crippen LogP contribution is -2.43. The maximum atomic E-state index is 12.0. The van der Waals surface area contributed by atoms with Gasteiger partial charge in [0, 0.05) is 6.04 Å². The Bertz CT molecular complexity index is 559. The number of fused-ring (bicyclic) bond motifs is 2. The number of carboxylic acid groups (broad SMARTS) is 1. The van der Waals surface area contributed by atoms with Gasteiger partial charge in [0.05, 0.1) is 6.42 Å². The molecule has 0 saturated heterocycles. The highest BCUT2D eigenvalue weighted by atomic mass is 16.5. The fourth-order valence-corrected chi connectivity index (χ4v) is 4.20. The molecule has 124 valence electrons. The predicted molar refractivity (Wildman–Crippen MR) is 84.7 cm³/mol. The molecule has 1 aromatic rings. The van der Waals surface area contributed by atoms with Gasteiger partial charge >= 0.3 is 12.1 Å². The number of ether oxygens (including phenoxy) is 1. The highest BCUT2D eigenvalue weighted by Crippen LogP contribution is 2.49. The Morgan fingerprint density at radius 3 is 2.61 bits per heavy atom. The number of rotatable bonds is 6. The Hall–Kier alpha value is -2.04. The Morgan fingerprint density at radius 1 is 1.22 bits per heavy atom. The number of carbonyl (C=O) groups excluding carboxylic acids is 1. The number of carbonyl (C=O) groups is 2. The minimum Gasteiger partial charge on any atom is -0.481 e. The molecule has 2 saturated carbocycles. The normalized spacial score (nSPS) is 26.7. The smallest absolute Gasteiger partial charge is 0.407 e. The van der Waals surface area contributed by atoms with Crippen molar-refractivity contribution in [1.29, 1.82) is 0 Å². The van der Waals surface area contributed by atoms with Gasteiger partial charge in [-0.15, -0.1) is 0 Å². The number of hydrogen-bond donors (Lipinski definition) is 2. The van der Waals surface area contributed by atoms with Crippen LogP contribution in [0.15, 0.2) is 30.3 Å². The summed E-state index contributed by atoms with van der Waals surface area (Å²) in [6.07, 6.45) is 4.06. The first kappa shape index (κ1) is 15.8. The van der Waals surface area contributed by atoms with Crippen molar-refractivity contribution in [1.82, 2.24) is 5.32 Å². The third-order valence-corrected chi connectivity index (χ3v) is 5.22. The summed E-state index contributed by atoms with van der Waals surface area (Å²) < 4.78 is 5.24. The summed E-state index contributed by atoms with van der Waals surface area (Å²) in [4.78, 5) is 23.2. The average molecular weight is 317 g/mol. The van der Waals surface area contributed by atoms with E-state index in [0.29, 0.717) is 11.8 Å². The van der Waals surface area contributed by atoms with Crippen molar-refractivity contribution in [3.8, 4) is 0 Å². The van der Waals surface area contributed by atoms with Gasteiger partial charge in [0.15, 0.2) is 0 Å². The lowest BCUT2D eigenvalue weighted by Gasteiger charge is -2.30. The monoisotopic (exact) mass is 317 g/mol. The zero-order chi connectivity index (χ0) is 16.2. The molecule has 3 unspecified atom stereocenters. The van der Waals surface area contributed by atoms with Gasteiger partial charge in [0.25, 0.3) is 0 Å². The van der Waals surface area contributed by atoms with E-state index in [0.717, 1.165) is 18.4 Å². The van der Waals surface area contributed by atoms with Crippen LogP contribution in [-0.2, 0) is 16.1 Å². The van der Waals surface area contributed by atoms with Gasteiger partial charge in [0.1, 0.15) is 6.61 Å². The van der Waals surface area contributed by atoms with E-state index in [9.17, 15) is 9.59 Å². The second-order valence-corrected chi connectivity index (χ2v) is 6.75. The summed E-state index contributed by atoms with van der Waals surface area (Å²) in [7, 11) is 0. The molecule has 0 heterocycles. The van der Waals surface area contributed by atoms with Crippen LogP contribution in [0.2, 0.25) is 0 Å². The van der Waals surface area contributed by atoms with Gasteiger partial charge in [-0.1, -0.05) is 36.8 Å². The predicted octanol–water partition coefficient (Wildman–Crippen LogP) is 3.19. The topological polar surface area (TPSA) is 75.6 Å². The first-order chi connectivity index (χ1) is 11.1. The first-order valence-electron chi connectivity index (χ1n) is 8.31. The molecule has 5 nitrogen and oxygen atoms in total. The van der Waals surface area contributed by atoms with Crippen molar-refractivity contribution >= 4 is 12.1 Å². The molecule has 0 aromatic heterocycles. The number of benzene rings is 1. The third-order valence-electron chi connectivity index (χ3n) is 5.22. The summed E-state index contributed by atoms with van der Waals surface area (Å²) in [6.45, 7) is 0.198. The van der Waals surface area contributed by atoms with Crippen LogP contribution >= 0.6 is 0 Å². The van der Waals surface area contributed by atoms with Crippen LogP contribution in [0.4, 0.5) is 4.79 Å². The summed E-state index contributed by atoms with van der Waals surface area (Å²) >= 11 is 0. The van der Waals surface area contributed by atoms with Gasteiger partial charge in [-0.05, 0) is 42.6 Å². The minimum absolute atomic E-state index is 0.0334. The highest BCUT2D eigenvalue weighted by molar-refractivity contribution is 5.71. The van der Waals surface area contributed by atoms with Gasteiger partial charge in [-0.3, -0.25) is 4.79 Å². The maximum absolute atomic E-state index is 12.0. The molecule has 1 aromatic carbocycles. The molecule has 2 bridgehead atoms. The summed E-state index contributed by atoms with van der Waals surface area (Å²) in [5, 5.41) is 11.9. The van der Waals surface area contributed by atoms with Crippen LogP contribution in [0.3, 0.4) is 0 Å². The molecular formula is C18H23NO4. The molecule has 23 heavy (non-hydrogen) atoms. The Balaban J connectivity index is 1.55. The molecular weight excluding hydrogens is 294 g/mol. The van der Waals surface area contributed by atoms with Crippen LogP contribution in [0.1, 0.15) is 37.7 Å². The number of amides is 1. The molecule has 2 aliphatic rings. The largest absolute Gasteiger partial charge is 0.481 e. The lowest BCUT2D eigenvalue weighted by molar-refractivity contribution is -0.138. The summed E-state index contributed by atoms with van der Waals surface area (Å²) in [5.74, 6) is 0.664. The third kappa shape index (κ3) is 4.03. The summed E-state index contributed by atoms with van der Waals surface area (Å²) in [5.41, 5.74) is 0.914. The second kappa shape index (κ2) is 7.02. The van der Waals surface area contributed by atoms with Crippen molar-refractivity contribution in [2.75, 3.05) is 0 Å². The quantitative estimate of drug-likeness (QED) is 0.845. The van der Waals surface area contributed by atoms with E-state index in [1.807, 2.05) is 30.3 Å².